The number of aromatic nitrogens is 3. The molecule has 2 aromatic heterocycles. The number of phenolic OH excluding ortho intramolecular Hbond substituents is 1. The summed E-state index contributed by atoms with van der Waals surface area (Å²) in [6, 6.07) is 8.92. The highest BCUT2D eigenvalue weighted by Gasteiger charge is 2.17. The molecule has 1 aromatic carbocycles. The van der Waals surface area contributed by atoms with Crippen LogP contribution in [0.3, 0.4) is 0 Å². The average Bonchev–Trinajstić information content (AvgIpc) is 2.90. The van der Waals surface area contributed by atoms with Gasteiger partial charge in [-0.3, -0.25) is 10.1 Å². The van der Waals surface area contributed by atoms with E-state index in [1.54, 1.807) is 37.7 Å². The smallest absolute Gasteiger partial charge is 0.123 e. The lowest BCUT2D eigenvalue weighted by Crippen LogP contribution is -1.88. The van der Waals surface area contributed by atoms with Gasteiger partial charge in [0.1, 0.15) is 17.2 Å². The van der Waals surface area contributed by atoms with Gasteiger partial charge in [0.15, 0.2) is 0 Å². The molecule has 2 heterocycles. The first-order valence-electron chi connectivity index (χ1n) is 6.53. The Morgan fingerprint density at radius 3 is 2.62 bits per heavy atom. The molecule has 0 radical (unpaired) electrons. The molecule has 5 nitrogen and oxygen atoms in total. The van der Waals surface area contributed by atoms with Gasteiger partial charge in [0, 0.05) is 34.8 Å². The van der Waals surface area contributed by atoms with E-state index in [9.17, 15) is 5.11 Å². The zero-order valence-corrected chi connectivity index (χ0v) is 11.8. The Morgan fingerprint density at radius 1 is 1.14 bits per heavy atom. The van der Waals surface area contributed by atoms with Crippen molar-refractivity contribution >= 4 is 0 Å². The molecule has 0 atom stereocenters. The summed E-state index contributed by atoms with van der Waals surface area (Å²) in [5, 5.41) is 17.5. The number of nitrogens with zero attached hydrogens (tertiary/aromatic N) is 2. The van der Waals surface area contributed by atoms with Crippen LogP contribution in [-0.4, -0.2) is 27.4 Å². The normalized spacial score (nSPS) is 10.6. The SMILES string of the molecule is COc1ccc(O)c(-c2c(-c3ccncc3)n[nH]c2C)c1. The van der Waals surface area contributed by atoms with Crippen molar-refractivity contribution in [3.05, 3.63) is 48.4 Å². The summed E-state index contributed by atoms with van der Waals surface area (Å²) in [5.74, 6) is 0.875. The van der Waals surface area contributed by atoms with Crippen LogP contribution in [0.25, 0.3) is 22.4 Å². The minimum absolute atomic E-state index is 0.190. The number of ether oxygens (including phenoxy) is 1. The molecular formula is C16H15N3O2. The van der Waals surface area contributed by atoms with Crippen LogP contribution in [0.4, 0.5) is 0 Å². The maximum Gasteiger partial charge on any atom is 0.123 e. The highest BCUT2D eigenvalue weighted by molar-refractivity contribution is 5.85. The van der Waals surface area contributed by atoms with Crippen LogP contribution < -0.4 is 4.74 Å². The largest absolute Gasteiger partial charge is 0.507 e. The quantitative estimate of drug-likeness (QED) is 0.773. The highest BCUT2D eigenvalue weighted by atomic mass is 16.5. The number of aromatic hydroxyl groups is 1. The average molecular weight is 281 g/mol. The number of pyridine rings is 1. The molecule has 21 heavy (non-hydrogen) atoms. The number of hydrogen-bond donors (Lipinski definition) is 2. The number of aryl methyl sites for hydroxylation is 1. The van der Waals surface area contributed by atoms with E-state index in [1.165, 1.54) is 0 Å². The van der Waals surface area contributed by atoms with Crippen LogP contribution in [0.1, 0.15) is 5.69 Å². The Bertz CT molecular complexity index is 766. The first-order valence-corrected chi connectivity index (χ1v) is 6.53. The number of methoxy groups -OCH3 is 1. The highest BCUT2D eigenvalue weighted by Crippen LogP contribution is 2.39. The van der Waals surface area contributed by atoms with Gasteiger partial charge in [0.25, 0.3) is 0 Å². The fourth-order valence-electron chi connectivity index (χ4n) is 2.32. The molecule has 0 fully saturated rings. The van der Waals surface area contributed by atoms with Gasteiger partial charge >= 0.3 is 0 Å². The molecule has 3 aromatic rings. The van der Waals surface area contributed by atoms with E-state index >= 15 is 0 Å². The second-order valence-corrected chi connectivity index (χ2v) is 4.69. The lowest BCUT2D eigenvalue weighted by molar-refractivity contribution is 0.412. The zero-order valence-electron chi connectivity index (χ0n) is 11.8. The molecule has 0 aliphatic carbocycles. The molecule has 0 spiro atoms. The van der Waals surface area contributed by atoms with Gasteiger partial charge in [-0.1, -0.05) is 0 Å². The van der Waals surface area contributed by atoms with Crippen LogP contribution in [0.5, 0.6) is 11.5 Å². The van der Waals surface area contributed by atoms with E-state index < -0.39 is 0 Å². The minimum Gasteiger partial charge on any atom is -0.507 e. The summed E-state index contributed by atoms with van der Waals surface area (Å²) in [5.41, 5.74) is 4.14. The van der Waals surface area contributed by atoms with Gasteiger partial charge < -0.3 is 9.84 Å². The number of phenols is 1. The summed E-state index contributed by atoms with van der Waals surface area (Å²) in [6.45, 7) is 1.92. The summed E-state index contributed by atoms with van der Waals surface area (Å²) >= 11 is 0. The molecule has 0 saturated heterocycles. The molecular weight excluding hydrogens is 266 g/mol. The van der Waals surface area contributed by atoms with E-state index in [1.807, 2.05) is 19.1 Å². The Morgan fingerprint density at radius 2 is 1.90 bits per heavy atom. The van der Waals surface area contributed by atoms with E-state index in [0.29, 0.717) is 11.3 Å². The van der Waals surface area contributed by atoms with Crippen molar-refractivity contribution < 1.29 is 9.84 Å². The molecule has 0 saturated carbocycles. The van der Waals surface area contributed by atoms with E-state index in [-0.39, 0.29) is 5.75 Å². The number of hydrogen-bond acceptors (Lipinski definition) is 4. The Kier molecular flexibility index (Phi) is 3.31. The predicted octanol–water partition coefficient (Wildman–Crippen LogP) is 3.16. The standard InChI is InChI=1S/C16H15N3O2/c1-10-15(13-9-12(21-2)3-4-14(13)20)16(19-18-10)11-5-7-17-8-6-11/h3-9,20H,1-2H3,(H,18,19). The summed E-state index contributed by atoms with van der Waals surface area (Å²) in [7, 11) is 1.60. The number of rotatable bonds is 3. The van der Waals surface area contributed by atoms with E-state index in [2.05, 4.69) is 15.2 Å². The molecule has 0 bridgehead atoms. The van der Waals surface area contributed by atoms with Crippen molar-refractivity contribution in [3.63, 3.8) is 0 Å². The van der Waals surface area contributed by atoms with Crippen LogP contribution in [0.2, 0.25) is 0 Å². The number of nitrogens with one attached hydrogen (secondary N) is 1. The second-order valence-electron chi connectivity index (χ2n) is 4.69. The summed E-state index contributed by atoms with van der Waals surface area (Å²) in [6.07, 6.45) is 3.43. The van der Waals surface area contributed by atoms with Gasteiger partial charge in [-0.15, -0.1) is 0 Å². The molecule has 106 valence electrons. The van der Waals surface area contributed by atoms with Gasteiger partial charge in [-0.25, -0.2) is 0 Å². The Balaban J connectivity index is 2.22. The van der Waals surface area contributed by atoms with Crippen LogP contribution in [0.15, 0.2) is 42.7 Å². The van der Waals surface area contributed by atoms with Crippen LogP contribution >= 0.6 is 0 Å². The van der Waals surface area contributed by atoms with Crippen molar-refractivity contribution in [2.24, 2.45) is 0 Å². The van der Waals surface area contributed by atoms with Crippen molar-refractivity contribution in [2.75, 3.05) is 7.11 Å². The fraction of sp³-hybridized carbons (Fsp3) is 0.125. The Labute approximate surface area is 122 Å². The molecule has 0 aliphatic rings. The molecule has 3 rings (SSSR count). The molecule has 0 unspecified atom stereocenters. The second kappa shape index (κ2) is 5.28. The fourth-order valence-corrected chi connectivity index (χ4v) is 2.32. The van der Waals surface area contributed by atoms with Crippen LogP contribution in [0, 0.1) is 6.92 Å². The lowest BCUT2D eigenvalue weighted by Gasteiger charge is -2.09. The topological polar surface area (TPSA) is 71.0 Å². The molecule has 2 N–H and O–H groups in total. The van der Waals surface area contributed by atoms with Gasteiger partial charge in [0.2, 0.25) is 0 Å². The van der Waals surface area contributed by atoms with Gasteiger partial charge in [-0.05, 0) is 37.3 Å². The summed E-state index contributed by atoms with van der Waals surface area (Å²) < 4.78 is 5.24. The van der Waals surface area contributed by atoms with E-state index in [0.717, 1.165) is 22.5 Å². The molecule has 0 amide bonds. The first kappa shape index (κ1) is 13.2. The first-order chi connectivity index (χ1) is 10.2. The van der Waals surface area contributed by atoms with Crippen molar-refractivity contribution in [1.29, 1.82) is 0 Å². The number of aromatic amines is 1. The van der Waals surface area contributed by atoms with Gasteiger partial charge in [-0.2, -0.15) is 5.10 Å². The number of benzene rings is 1. The molecule has 0 aliphatic heterocycles. The van der Waals surface area contributed by atoms with E-state index in [4.69, 9.17) is 4.74 Å². The van der Waals surface area contributed by atoms with Crippen molar-refractivity contribution in [1.82, 2.24) is 15.2 Å². The molecule has 5 heteroatoms. The number of H-pyrrole nitrogens is 1. The maximum atomic E-state index is 10.2. The monoisotopic (exact) mass is 281 g/mol. The van der Waals surface area contributed by atoms with Crippen molar-refractivity contribution in [3.8, 4) is 33.9 Å². The third kappa shape index (κ3) is 2.33. The maximum absolute atomic E-state index is 10.2. The van der Waals surface area contributed by atoms with Crippen LogP contribution in [-0.2, 0) is 0 Å². The van der Waals surface area contributed by atoms with Gasteiger partial charge in [0.05, 0.1) is 7.11 Å². The minimum atomic E-state index is 0.190. The lowest BCUT2D eigenvalue weighted by atomic mass is 9.99. The third-order valence-electron chi connectivity index (χ3n) is 3.37. The predicted molar refractivity (Wildman–Crippen MR) is 80.2 cm³/mol. The third-order valence-corrected chi connectivity index (χ3v) is 3.37. The summed E-state index contributed by atoms with van der Waals surface area (Å²) in [4.78, 5) is 4.02. The zero-order chi connectivity index (χ0) is 14.8. The van der Waals surface area contributed by atoms with Crippen molar-refractivity contribution in [2.45, 2.75) is 6.92 Å². The Hall–Kier alpha value is -2.82.